The molecule has 1 fully saturated rings. The molecule has 0 bridgehead atoms. The molecular formula is C15H20N2O2S. The minimum atomic E-state index is -0.183. The van der Waals surface area contributed by atoms with Gasteiger partial charge in [-0.15, -0.1) is 18.3 Å². The van der Waals surface area contributed by atoms with Crippen molar-refractivity contribution in [2.24, 2.45) is 0 Å². The van der Waals surface area contributed by atoms with Gasteiger partial charge in [-0.3, -0.25) is 4.79 Å². The number of thioether (sulfide) groups is 1. The zero-order valence-electron chi connectivity index (χ0n) is 11.6. The van der Waals surface area contributed by atoms with Gasteiger partial charge < -0.3 is 15.4 Å². The van der Waals surface area contributed by atoms with E-state index in [0.29, 0.717) is 6.42 Å². The van der Waals surface area contributed by atoms with Crippen LogP contribution in [0.15, 0.2) is 41.8 Å². The molecule has 1 aliphatic heterocycles. The van der Waals surface area contributed by atoms with E-state index in [1.807, 2.05) is 30.3 Å². The summed E-state index contributed by atoms with van der Waals surface area (Å²) < 4.78 is 5.26. The van der Waals surface area contributed by atoms with Crippen LogP contribution in [-0.4, -0.2) is 37.5 Å². The lowest BCUT2D eigenvalue weighted by Crippen LogP contribution is -2.35. The lowest BCUT2D eigenvalue weighted by Gasteiger charge is -2.14. The lowest BCUT2D eigenvalue weighted by molar-refractivity contribution is -0.118. The van der Waals surface area contributed by atoms with Crippen molar-refractivity contribution in [2.45, 2.75) is 23.5 Å². The highest BCUT2D eigenvalue weighted by Crippen LogP contribution is 2.27. The Morgan fingerprint density at radius 1 is 1.60 bits per heavy atom. The molecule has 20 heavy (non-hydrogen) atoms. The van der Waals surface area contributed by atoms with E-state index in [1.54, 1.807) is 18.9 Å². The van der Waals surface area contributed by atoms with Crippen LogP contribution >= 0.6 is 11.8 Å². The van der Waals surface area contributed by atoms with Crippen LogP contribution in [0.5, 0.6) is 0 Å². The predicted molar refractivity (Wildman–Crippen MR) is 83.2 cm³/mol. The van der Waals surface area contributed by atoms with E-state index in [-0.39, 0.29) is 18.1 Å². The van der Waals surface area contributed by atoms with Crippen molar-refractivity contribution < 1.29 is 9.53 Å². The average molecular weight is 292 g/mol. The fourth-order valence-corrected chi connectivity index (χ4v) is 2.89. The van der Waals surface area contributed by atoms with E-state index in [4.69, 9.17) is 4.74 Å². The molecule has 2 atom stereocenters. The minimum Gasteiger partial charge on any atom is -0.380 e. The summed E-state index contributed by atoms with van der Waals surface area (Å²) in [5.74, 6) is 0.816. The molecular weight excluding hydrogens is 272 g/mol. The summed E-state index contributed by atoms with van der Waals surface area (Å²) in [5, 5.41) is 6.17. The van der Waals surface area contributed by atoms with Crippen molar-refractivity contribution in [1.82, 2.24) is 5.32 Å². The number of rotatable bonds is 6. The summed E-state index contributed by atoms with van der Waals surface area (Å²) in [6.45, 7) is 4.44. The fourth-order valence-electron chi connectivity index (χ4n) is 2.15. The summed E-state index contributed by atoms with van der Waals surface area (Å²) in [4.78, 5) is 13.3. The van der Waals surface area contributed by atoms with Gasteiger partial charge in [-0.05, 0) is 18.6 Å². The Labute approximate surface area is 124 Å². The van der Waals surface area contributed by atoms with Gasteiger partial charge in [0.25, 0.3) is 0 Å². The van der Waals surface area contributed by atoms with Gasteiger partial charge in [-0.25, -0.2) is 0 Å². The second-order valence-corrected chi connectivity index (χ2v) is 5.70. The zero-order valence-corrected chi connectivity index (χ0v) is 12.4. The van der Waals surface area contributed by atoms with Crippen LogP contribution in [0.4, 0.5) is 5.69 Å². The molecule has 0 radical (unpaired) electrons. The molecule has 0 spiro atoms. The second kappa shape index (κ2) is 7.47. The van der Waals surface area contributed by atoms with Crippen LogP contribution in [0.3, 0.4) is 0 Å². The van der Waals surface area contributed by atoms with Crippen LogP contribution in [0.1, 0.15) is 6.42 Å². The lowest BCUT2D eigenvalue weighted by atomic mass is 10.2. The highest BCUT2D eigenvalue weighted by atomic mass is 32.2. The minimum absolute atomic E-state index is 0.00352. The summed E-state index contributed by atoms with van der Waals surface area (Å²) in [7, 11) is 1.67. The number of para-hydroxylation sites is 1. The number of nitrogens with one attached hydrogen (secondary N) is 2. The van der Waals surface area contributed by atoms with Gasteiger partial charge in [-0.2, -0.15) is 0 Å². The zero-order chi connectivity index (χ0) is 14.4. The monoisotopic (exact) mass is 292 g/mol. The van der Waals surface area contributed by atoms with E-state index < -0.39 is 0 Å². The SMILES string of the molecule is C=CCSc1ccccc1NC(=O)C1CC(OC)CN1. The van der Waals surface area contributed by atoms with Gasteiger partial charge in [0, 0.05) is 24.3 Å². The number of methoxy groups -OCH3 is 1. The molecule has 0 aromatic heterocycles. The van der Waals surface area contributed by atoms with Crippen molar-refractivity contribution in [3.8, 4) is 0 Å². The summed E-state index contributed by atoms with van der Waals surface area (Å²) in [6, 6.07) is 7.64. The Morgan fingerprint density at radius 3 is 3.10 bits per heavy atom. The second-order valence-electron chi connectivity index (χ2n) is 4.64. The first-order valence-electron chi connectivity index (χ1n) is 6.64. The van der Waals surface area contributed by atoms with Crippen LogP contribution in [0, 0.1) is 0 Å². The topological polar surface area (TPSA) is 50.4 Å². The van der Waals surface area contributed by atoms with Crippen LogP contribution in [-0.2, 0) is 9.53 Å². The highest BCUT2D eigenvalue weighted by Gasteiger charge is 2.29. The molecule has 2 N–H and O–H groups in total. The molecule has 1 aliphatic rings. The van der Waals surface area contributed by atoms with Crippen molar-refractivity contribution in [3.05, 3.63) is 36.9 Å². The fraction of sp³-hybridized carbons (Fsp3) is 0.400. The largest absolute Gasteiger partial charge is 0.380 e. The number of hydrogen-bond acceptors (Lipinski definition) is 4. The first-order chi connectivity index (χ1) is 9.74. The number of amides is 1. The maximum absolute atomic E-state index is 12.2. The van der Waals surface area contributed by atoms with Gasteiger partial charge in [0.2, 0.25) is 5.91 Å². The number of benzene rings is 1. The van der Waals surface area contributed by atoms with Crippen LogP contribution < -0.4 is 10.6 Å². The Hall–Kier alpha value is -1.30. The van der Waals surface area contributed by atoms with E-state index >= 15 is 0 Å². The van der Waals surface area contributed by atoms with E-state index in [9.17, 15) is 4.79 Å². The van der Waals surface area contributed by atoms with Crippen molar-refractivity contribution in [2.75, 3.05) is 24.7 Å². The maximum Gasteiger partial charge on any atom is 0.241 e. The maximum atomic E-state index is 12.2. The number of hydrogen-bond donors (Lipinski definition) is 2. The summed E-state index contributed by atoms with van der Waals surface area (Å²) >= 11 is 1.66. The predicted octanol–water partition coefficient (Wildman–Crippen LogP) is 2.28. The third-order valence-corrected chi connectivity index (χ3v) is 4.31. The van der Waals surface area contributed by atoms with E-state index in [2.05, 4.69) is 17.2 Å². The molecule has 4 nitrogen and oxygen atoms in total. The summed E-state index contributed by atoms with van der Waals surface area (Å²) in [6.07, 6.45) is 2.69. The molecule has 2 rings (SSSR count). The summed E-state index contributed by atoms with van der Waals surface area (Å²) in [5.41, 5.74) is 0.854. The molecule has 1 aromatic carbocycles. The average Bonchev–Trinajstić information content (AvgIpc) is 2.95. The molecule has 0 saturated carbocycles. The van der Waals surface area contributed by atoms with Crippen LogP contribution in [0.2, 0.25) is 0 Å². The number of carbonyl (C=O) groups is 1. The Kier molecular flexibility index (Phi) is 5.64. The number of ether oxygens (including phenoxy) is 1. The normalized spacial score (nSPS) is 21.6. The van der Waals surface area contributed by atoms with Gasteiger partial charge in [-0.1, -0.05) is 18.2 Å². The Bertz CT molecular complexity index is 479. The van der Waals surface area contributed by atoms with Gasteiger partial charge in [0.1, 0.15) is 0 Å². The Balaban J connectivity index is 1.99. The standard InChI is InChI=1S/C15H20N2O2S/c1-3-8-20-14-7-5-4-6-12(14)17-15(18)13-9-11(19-2)10-16-13/h3-7,11,13,16H,1,8-10H2,2H3,(H,17,18). The van der Waals surface area contributed by atoms with Gasteiger partial charge >= 0.3 is 0 Å². The van der Waals surface area contributed by atoms with Crippen molar-refractivity contribution in [1.29, 1.82) is 0 Å². The molecule has 1 saturated heterocycles. The molecule has 1 heterocycles. The molecule has 0 aliphatic carbocycles. The molecule has 5 heteroatoms. The van der Waals surface area contributed by atoms with E-state index in [1.165, 1.54) is 0 Å². The third kappa shape index (κ3) is 3.85. The van der Waals surface area contributed by atoms with Gasteiger partial charge in [0.05, 0.1) is 17.8 Å². The molecule has 1 amide bonds. The van der Waals surface area contributed by atoms with Gasteiger partial charge in [0.15, 0.2) is 0 Å². The first-order valence-corrected chi connectivity index (χ1v) is 7.63. The third-order valence-electron chi connectivity index (χ3n) is 3.24. The van der Waals surface area contributed by atoms with E-state index in [0.717, 1.165) is 22.9 Å². The quantitative estimate of drug-likeness (QED) is 0.624. The highest BCUT2D eigenvalue weighted by molar-refractivity contribution is 7.99. The first kappa shape index (κ1) is 15.1. The molecule has 108 valence electrons. The Morgan fingerprint density at radius 2 is 2.40 bits per heavy atom. The van der Waals surface area contributed by atoms with Crippen LogP contribution in [0.25, 0.3) is 0 Å². The molecule has 1 aromatic rings. The number of anilines is 1. The smallest absolute Gasteiger partial charge is 0.241 e. The van der Waals surface area contributed by atoms with Crippen molar-refractivity contribution >= 4 is 23.4 Å². The van der Waals surface area contributed by atoms with Crippen molar-refractivity contribution in [3.63, 3.8) is 0 Å². The molecule has 2 unspecified atom stereocenters. The number of carbonyl (C=O) groups excluding carboxylic acids is 1.